The third kappa shape index (κ3) is 3.35. The van der Waals surface area contributed by atoms with Crippen molar-refractivity contribution in [2.24, 2.45) is 5.92 Å². The fraction of sp³-hybridized carbons (Fsp3) is 0.500. The number of sulfonamides is 1. The third-order valence-electron chi connectivity index (χ3n) is 3.27. The first-order valence-corrected chi connectivity index (χ1v) is 9.26. The van der Waals surface area contributed by atoms with Crippen LogP contribution in [0.2, 0.25) is 0 Å². The van der Waals surface area contributed by atoms with Crippen molar-refractivity contribution in [3.8, 4) is 0 Å². The van der Waals surface area contributed by atoms with E-state index in [4.69, 9.17) is 0 Å². The molecular weight excluding hydrogens is 382 g/mol. The molecule has 1 aromatic carbocycles. The van der Waals surface area contributed by atoms with E-state index in [1.54, 1.807) is 18.2 Å². The molecule has 0 heterocycles. The van der Waals surface area contributed by atoms with Crippen molar-refractivity contribution in [3.05, 3.63) is 28.7 Å². The largest absolute Gasteiger partial charge is 0.240 e. The van der Waals surface area contributed by atoms with Gasteiger partial charge in [0.25, 0.3) is 0 Å². The molecule has 2 rings (SSSR count). The predicted octanol–water partition coefficient (Wildman–Crippen LogP) is 3.29. The first-order valence-electron chi connectivity index (χ1n) is 5.87. The molecule has 0 amide bonds. The van der Waals surface area contributed by atoms with Gasteiger partial charge in [0, 0.05) is 15.8 Å². The molecule has 1 saturated carbocycles. The van der Waals surface area contributed by atoms with Crippen LogP contribution < -0.4 is 4.72 Å². The zero-order valence-corrected chi connectivity index (χ0v) is 13.8. The molecule has 6 heteroatoms. The van der Waals surface area contributed by atoms with Crippen LogP contribution in [0.3, 0.4) is 0 Å². The van der Waals surface area contributed by atoms with E-state index in [0.717, 1.165) is 29.1 Å². The lowest BCUT2D eigenvalue weighted by Gasteiger charge is -2.19. The Balaban J connectivity index is 2.17. The van der Waals surface area contributed by atoms with Gasteiger partial charge in [0.15, 0.2) is 0 Å². The molecule has 1 aromatic rings. The second-order valence-corrected chi connectivity index (χ2v) is 7.81. The number of nitrogens with one attached hydrogen (secondary N) is 1. The first kappa shape index (κ1) is 14.5. The van der Waals surface area contributed by atoms with Crippen molar-refractivity contribution in [1.82, 2.24) is 4.72 Å². The lowest BCUT2D eigenvalue weighted by Crippen LogP contribution is -2.37. The molecule has 1 aliphatic carbocycles. The minimum Gasteiger partial charge on any atom is -0.208 e. The van der Waals surface area contributed by atoms with Crippen molar-refractivity contribution in [1.29, 1.82) is 0 Å². The van der Waals surface area contributed by atoms with Gasteiger partial charge in [-0.05, 0) is 37.0 Å². The highest BCUT2D eigenvalue weighted by molar-refractivity contribution is 9.10. The molecule has 0 saturated heterocycles. The van der Waals surface area contributed by atoms with Crippen LogP contribution in [-0.4, -0.2) is 19.8 Å². The molecule has 0 radical (unpaired) electrons. The van der Waals surface area contributed by atoms with Gasteiger partial charge in [-0.3, -0.25) is 0 Å². The third-order valence-corrected chi connectivity index (χ3v) is 6.08. The maximum absolute atomic E-state index is 12.3. The Bertz CT molecular complexity index is 519. The summed E-state index contributed by atoms with van der Waals surface area (Å²) in [5.74, 6) is 0.395. The molecule has 1 aliphatic rings. The SMILES string of the molecule is O=S(=O)(NC1CCCC1CBr)c1cccc(Br)c1. The van der Waals surface area contributed by atoms with E-state index in [1.165, 1.54) is 0 Å². The number of alkyl halides is 1. The molecule has 0 spiro atoms. The van der Waals surface area contributed by atoms with Gasteiger partial charge in [-0.2, -0.15) is 0 Å². The van der Waals surface area contributed by atoms with Crippen LogP contribution in [0.5, 0.6) is 0 Å². The van der Waals surface area contributed by atoms with Gasteiger partial charge in [0.2, 0.25) is 10.0 Å². The van der Waals surface area contributed by atoms with Crippen molar-refractivity contribution in [3.63, 3.8) is 0 Å². The quantitative estimate of drug-likeness (QED) is 0.793. The smallest absolute Gasteiger partial charge is 0.208 e. The van der Waals surface area contributed by atoms with Crippen LogP contribution in [-0.2, 0) is 10.0 Å². The Kier molecular flexibility index (Phi) is 4.86. The molecule has 2 atom stereocenters. The monoisotopic (exact) mass is 395 g/mol. The number of halogens is 2. The highest BCUT2D eigenvalue weighted by Crippen LogP contribution is 2.28. The van der Waals surface area contributed by atoms with E-state index in [1.807, 2.05) is 6.07 Å². The number of hydrogen-bond acceptors (Lipinski definition) is 2. The Morgan fingerprint density at radius 3 is 2.78 bits per heavy atom. The van der Waals surface area contributed by atoms with Crippen molar-refractivity contribution in [2.75, 3.05) is 5.33 Å². The van der Waals surface area contributed by atoms with Gasteiger partial charge < -0.3 is 0 Å². The van der Waals surface area contributed by atoms with E-state index in [-0.39, 0.29) is 6.04 Å². The minimum atomic E-state index is -3.41. The fourth-order valence-electron chi connectivity index (χ4n) is 2.28. The molecule has 18 heavy (non-hydrogen) atoms. The predicted molar refractivity (Wildman–Crippen MR) is 79.4 cm³/mol. The Morgan fingerprint density at radius 1 is 1.33 bits per heavy atom. The lowest BCUT2D eigenvalue weighted by molar-refractivity contribution is 0.484. The Hall–Kier alpha value is 0.0900. The zero-order valence-electron chi connectivity index (χ0n) is 9.77. The Morgan fingerprint density at radius 2 is 2.11 bits per heavy atom. The van der Waals surface area contributed by atoms with Crippen LogP contribution in [0.1, 0.15) is 19.3 Å². The van der Waals surface area contributed by atoms with Crippen LogP contribution in [0, 0.1) is 5.92 Å². The van der Waals surface area contributed by atoms with Crippen LogP contribution in [0.25, 0.3) is 0 Å². The molecule has 1 N–H and O–H groups in total. The van der Waals surface area contributed by atoms with Gasteiger partial charge >= 0.3 is 0 Å². The van der Waals surface area contributed by atoms with Crippen molar-refractivity contribution >= 4 is 41.9 Å². The molecule has 1 fully saturated rings. The van der Waals surface area contributed by atoms with Crippen LogP contribution in [0.15, 0.2) is 33.6 Å². The number of rotatable bonds is 4. The van der Waals surface area contributed by atoms with E-state index >= 15 is 0 Å². The average molecular weight is 397 g/mol. The summed E-state index contributed by atoms with van der Waals surface area (Å²) in [5, 5.41) is 0.846. The molecule has 100 valence electrons. The summed E-state index contributed by atoms with van der Waals surface area (Å²) in [6.07, 6.45) is 3.09. The summed E-state index contributed by atoms with van der Waals surface area (Å²) in [5.41, 5.74) is 0. The molecule has 0 aliphatic heterocycles. The van der Waals surface area contributed by atoms with E-state index in [0.29, 0.717) is 10.8 Å². The van der Waals surface area contributed by atoms with E-state index < -0.39 is 10.0 Å². The highest BCUT2D eigenvalue weighted by atomic mass is 79.9. The second kappa shape index (κ2) is 6.03. The molecule has 2 unspecified atom stereocenters. The fourth-order valence-corrected chi connectivity index (χ4v) is 4.99. The molecular formula is C12H15Br2NO2S. The second-order valence-electron chi connectivity index (χ2n) is 4.53. The van der Waals surface area contributed by atoms with E-state index in [9.17, 15) is 8.42 Å². The van der Waals surface area contributed by atoms with Crippen LogP contribution in [0.4, 0.5) is 0 Å². The topological polar surface area (TPSA) is 46.2 Å². The van der Waals surface area contributed by atoms with Gasteiger partial charge in [0.05, 0.1) is 4.90 Å². The first-order chi connectivity index (χ1) is 8.53. The Labute approximate surface area is 125 Å². The van der Waals surface area contributed by atoms with Crippen LogP contribution >= 0.6 is 31.9 Å². The summed E-state index contributed by atoms with van der Waals surface area (Å²) in [6, 6.07) is 6.84. The summed E-state index contributed by atoms with van der Waals surface area (Å²) in [4.78, 5) is 0.317. The zero-order chi connectivity index (χ0) is 13.2. The van der Waals surface area contributed by atoms with Gasteiger partial charge in [-0.1, -0.05) is 44.3 Å². The maximum atomic E-state index is 12.3. The number of hydrogen-bond donors (Lipinski definition) is 1. The van der Waals surface area contributed by atoms with Gasteiger partial charge in [-0.25, -0.2) is 13.1 Å². The molecule has 0 bridgehead atoms. The summed E-state index contributed by atoms with van der Waals surface area (Å²) in [6.45, 7) is 0. The van der Waals surface area contributed by atoms with E-state index in [2.05, 4.69) is 36.6 Å². The summed E-state index contributed by atoms with van der Waals surface area (Å²) < 4.78 is 28.1. The van der Waals surface area contributed by atoms with Gasteiger partial charge in [0.1, 0.15) is 0 Å². The average Bonchev–Trinajstić information content (AvgIpc) is 2.75. The normalized spacial score (nSPS) is 24.3. The standard InChI is InChI=1S/C12H15Br2NO2S/c13-8-9-3-1-6-12(9)15-18(16,17)11-5-2-4-10(14)7-11/h2,4-5,7,9,12,15H,1,3,6,8H2. The van der Waals surface area contributed by atoms with Crippen molar-refractivity contribution in [2.45, 2.75) is 30.2 Å². The highest BCUT2D eigenvalue weighted by Gasteiger charge is 2.30. The lowest BCUT2D eigenvalue weighted by atomic mass is 10.1. The molecule has 3 nitrogen and oxygen atoms in total. The number of benzene rings is 1. The summed E-state index contributed by atoms with van der Waals surface area (Å²) in [7, 11) is -3.41. The van der Waals surface area contributed by atoms with Gasteiger partial charge in [-0.15, -0.1) is 0 Å². The van der Waals surface area contributed by atoms with Crippen molar-refractivity contribution < 1.29 is 8.42 Å². The maximum Gasteiger partial charge on any atom is 0.240 e. The molecule has 0 aromatic heterocycles. The summed E-state index contributed by atoms with van der Waals surface area (Å²) >= 11 is 6.74. The minimum absolute atomic E-state index is 0.0494.